The van der Waals surface area contributed by atoms with Gasteiger partial charge in [0, 0.05) is 33.3 Å². The van der Waals surface area contributed by atoms with Gasteiger partial charge in [0.2, 0.25) is 10.0 Å². The highest BCUT2D eigenvalue weighted by Gasteiger charge is 2.17. The number of benzene rings is 1. The van der Waals surface area contributed by atoms with Crippen molar-refractivity contribution in [3.63, 3.8) is 0 Å². The van der Waals surface area contributed by atoms with Crippen molar-refractivity contribution in [2.45, 2.75) is 38.8 Å². The molecule has 164 valence electrons. The Bertz CT molecular complexity index is 731. The molecule has 1 aromatic carbocycles. The summed E-state index contributed by atoms with van der Waals surface area (Å²) in [5.41, 5.74) is 1.11. The zero-order chi connectivity index (χ0) is 21.1. The molecule has 1 aliphatic heterocycles. The molecule has 1 saturated heterocycles. The van der Waals surface area contributed by atoms with Crippen molar-refractivity contribution < 1.29 is 17.9 Å². The fourth-order valence-corrected chi connectivity index (χ4v) is 4.00. The number of hydrogen-bond donors (Lipinski definition) is 2. The number of ether oxygens (including phenoxy) is 2. The van der Waals surface area contributed by atoms with Crippen LogP contribution in [0.3, 0.4) is 0 Å². The third-order valence-electron chi connectivity index (χ3n) is 4.70. The molecule has 29 heavy (non-hydrogen) atoms. The Kier molecular flexibility index (Phi) is 9.69. The molecule has 0 amide bonds. The predicted molar refractivity (Wildman–Crippen MR) is 116 cm³/mol. The Hall–Kier alpha value is -1.84. The zero-order valence-electron chi connectivity index (χ0n) is 17.7. The molecule has 1 aromatic rings. The van der Waals surface area contributed by atoms with E-state index in [9.17, 15) is 8.42 Å². The van der Waals surface area contributed by atoms with Gasteiger partial charge in [0.25, 0.3) is 0 Å². The average Bonchev–Trinajstić information content (AvgIpc) is 2.73. The van der Waals surface area contributed by atoms with Crippen molar-refractivity contribution in [3.8, 4) is 5.75 Å². The molecule has 8 nitrogen and oxygen atoms in total. The molecule has 1 aliphatic rings. The van der Waals surface area contributed by atoms with Gasteiger partial charge in [-0.2, -0.15) is 0 Å². The second-order valence-corrected chi connectivity index (χ2v) is 9.02. The summed E-state index contributed by atoms with van der Waals surface area (Å²) >= 11 is 0. The van der Waals surface area contributed by atoms with Crippen molar-refractivity contribution in [1.82, 2.24) is 14.9 Å². The van der Waals surface area contributed by atoms with E-state index in [1.165, 1.54) is 0 Å². The van der Waals surface area contributed by atoms with E-state index in [2.05, 4.69) is 15.0 Å². The number of methoxy groups -OCH3 is 1. The topological polar surface area (TPSA) is 92.3 Å². The minimum absolute atomic E-state index is 0.0185. The van der Waals surface area contributed by atoms with E-state index >= 15 is 0 Å². The van der Waals surface area contributed by atoms with Gasteiger partial charge in [0.15, 0.2) is 5.96 Å². The number of hydrogen-bond acceptors (Lipinski definition) is 5. The molecule has 0 bridgehead atoms. The van der Waals surface area contributed by atoms with Gasteiger partial charge in [-0.05, 0) is 43.9 Å². The molecule has 2 rings (SSSR count). The highest BCUT2D eigenvalue weighted by molar-refractivity contribution is 7.89. The molecule has 0 aliphatic carbocycles. The maximum Gasteiger partial charge on any atom is 0.213 e. The van der Waals surface area contributed by atoms with Crippen LogP contribution in [0.1, 0.15) is 31.7 Å². The Morgan fingerprint density at radius 2 is 2.07 bits per heavy atom. The van der Waals surface area contributed by atoms with Crippen LogP contribution in [0.5, 0.6) is 5.75 Å². The second-order valence-electron chi connectivity index (χ2n) is 7.10. The fraction of sp³-hybridized carbons (Fsp3) is 0.650. The number of guanidine groups is 1. The van der Waals surface area contributed by atoms with Gasteiger partial charge in [-0.1, -0.05) is 12.1 Å². The van der Waals surface area contributed by atoms with E-state index in [4.69, 9.17) is 9.47 Å². The molecular weight excluding hydrogens is 392 g/mol. The maximum atomic E-state index is 12.3. The second kappa shape index (κ2) is 12.0. The molecule has 0 saturated carbocycles. The Morgan fingerprint density at radius 1 is 1.31 bits per heavy atom. The Balaban J connectivity index is 1.85. The molecule has 1 fully saturated rings. The summed E-state index contributed by atoms with van der Waals surface area (Å²) in [7, 11) is 0.189. The van der Waals surface area contributed by atoms with Crippen LogP contribution in [0, 0.1) is 0 Å². The van der Waals surface area contributed by atoms with Crippen LogP contribution in [0.2, 0.25) is 0 Å². The lowest BCUT2D eigenvalue weighted by Gasteiger charge is -2.23. The molecule has 1 unspecified atom stereocenters. The summed E-state index contributed by atoms with van der Waals surface area (Å²) in [5, 5.41) is 3.21. The Labute approximate surface area is 174 Å². The van der Waals surface area contributed by atoms with E-state index in [0.29, 0.717) is 32.2 Å². The van der Waals surface area contributed by atoms with Crippen molar-refractivity contribution in [3.05, 3.63) is 29.8 Å². The molecule has 1 atom stereocenters. The van der Waals surface area contributed by atoms with Crippen LogP contribution in [-0.2, 0) is 21.3 Å². The standard InChI is InChI=1S/C20H34N4O4S/c1-4-21-20(24(2)16-17-8-10-18(27-3)11-9-17)22-12-14-29(25,26)23-15-19-7-5-6-13-28-19/h8-11,19,23H,4-7,12-16H2,1-3H3,(H,21,22). The minimum Gasteiger partial charge on any atom is -0.497 e. The average molecular weight is 427 g/mol. The molecule has 0 aromatic heterocycles. The van der Waals surface area contributed by atoms with Crippen LogP contribution in [0.4, 0.5) is 0 Å². The van der Waals surface area contributed by atoms with Crippen molar-refractivity contribution in [1.29, 1.82) is 0 Å². The first kappa shape index (κ1) is 23.4. The molecular formula is C20H34N4O4S. The van der Waals surface area contributed by atoms with Gasteiger partial charge in [0.1, 0.15) is 5.75 Å². The van der Waals surface area contributed by atoms with Crippen molar-refractivity contribution in [2.24, 2.45) is 4.99 Å². The zero-order valence-corrected chi connectivity index (χ0v) is 18.5. The normalized spacial score (nSPS) is 17.8. The predicted octanol–water partition coefficient (Wildman–Crippen LogP) is 1.58. The largest absolute Gasteiger partial charge is 0.497 e. The summed E-state index contributed by atoms with van der Waals surface area (Å²) in [4.78, 5) is 6.45. The first-order chi connectivity index (χ1) is 13.9. The minimum atomic E-state index is -3.38. The van der Waals surface area contributed by atoms with E-state index in [-0.39, 0.29) is 18.4 Å². The van der Waals surface area contributed by atoms with Crippen LogP contribution in [-0.4, -0.2) is 71.5 Å². The third-order valence-corrected chi connectivity index (χ3v) is 6.03. The number of aliphatic imine (C=N–C) groups is 1. The van der Waals surface area contributed by atoms with Crippen LogP contribution >= 0.6 is 0 Å². The molecule has 2 N–H and O–H groups in total. The molecule has 1 heterocycles. The fourth-order valence-electron chi connectivity index (χ4n) is 3.08. The Morgan fingerprint density at radius 3 is 2.69 bits per heavy atom. The van der Waals surface area contributed by atoms with E-state index in [1.54, 1.807) is 7.11 Å². The van der Waals surface area contributed by atoms with Crippen molar-refractivity contribution in [2.75, 3.05) is 46.2 Å². The first-order valence-electron chi connectivity index (χ1n) is 10.1. The molecule has 0 radical (unpaired) electrons. The summed E-state index contributed by atoms with van der Waals surface area (Å²) in [6.07, 6.45) is 3.02. The summed E-state index contributed by atoms with van der Waals surface area (Å²) < 4.78 is 37.9. The lowest BCUT2D eigenvalue weighted by atomic mass is 10.1. The highest BCUT2D eigenvalue weighted by Crippen LogP contribution is 2.13. The van der Waals surface area contributed by atoms with Crippen LogP contribution < -0.4 is 14.8 Å². The number of rotatable bonds is 10. The maximum absolute atomic E-state index is 12.3. The third kappa shape index (κ3) is 8.59. The smallest absolute Gasteiger partial charge is 0.213 e. The van der Waals surface area contributed by atoms with Crippen molar-refractivity contribution >= 4 is 16.0 Å². The summed E-state index contributed by atoms with van der Waals surface area (Å²) in [6.45, 7) is 4.58. The monoisotopic (exact) mass is 426 g/mol. The quantitative estimate of drug-likeness (QED) is 0.436. The van der Waals surface area contributed by atoms with Crippen LogP contribution in [0.25, 0.3) is 0 Å². The van der Waals surface area contributed by atoms with Gasteiger partial charge in [0.05, 0.1) is 25.5 Å². The van der Waals surface area contributed by atoms with Gasteiger partial charge in [-0.25, -0.2) is 13.1 Å². The highest BCUT2D eigenvalue weighted by atomic mass is 32.2. The molecule has 9 heteroatoms. The lowest BCUT2D eigenvalue weighted by molar-refractivity contribution is 0.0200. The first-order valence-corrected chi connectivity index (χ1v) is 11.8. The van der Waals surface area contributed by atoms with E-state index < -0.39 is 10.0 Å². The van der Waals surface area contributed by atoms with Crippen LogP contribution in [0.15, 0.2) is 29.3 Å². The lowest BCUT2D eigenvalue weighted by Crippen LogP contribution is -2.39. The van der Waals surface area contributed by atoms with E-state index in [0.717, 1.165) is 30.6 Å². The number of nitrogens with one attached hydrogen (secondary N) is 2. The molecule has 0 spiro atoms. The number of sulfonamides is 1. The van der Waals surface area contributed by atoms with Gasteiger partial charge in [-0.3, -0.25) is 4.99 Å². The van der Waals surface area contributed by atoms with E-state index in [1.807, 2.05) is 43.1 Å². The number of nitrogens with zero attached hydrogens (tertiary/aromatic N) is 2. The van der Waals surface area contributed by atoms with Gasteiger partial charge < -0.3 is 19.7 Å². The van der Waals surface area contributed by atoms with Gasteiger partial charge in [-0.15, -0.1) is 0 Å². The van der Waals surface area contributed by atoms with Gasteiger partial charge >= 0.3 is 0 Å². The summed E-state index contributed by atoms with van der Waals surface area (Å²) in [5.74, 6) is 1.44. The summed E-state index contributed by atoms with van der Waals surface area (Å²) in [6, 6.07) is 7.84. The SMILES string of the molecule is CCNC(=NCCS(=O)(=O)NCC1CCCCO1)N(C)Cc1ccc(OC)cc1.